The Bertz CT molecular complexity index is 560. The van der Waals surface area contributed by atoms with E-state index in [0.29, 0.717) is 10.0 Å². The molecule has 2 rings (SSSR count). The van der Waals surface area contributed by atoms with Crippen LogP contribution in [-0.2, 0) is 10.2 Å². The molecule has 0 aliphatic rings. The lowest BCUT2D eigenvalue weighted by Crippen LogP contribution is -2.41. The number of hydrogen-bond donors (Lipinski definition) is 1. The number of amides is 1. The molecule has 2 aromatic rings. The number of halogens is 2. The maximum atomic E-state index is 12.4. The zero-order valence-electron chi connectivity index (χ0n) is 11.3. The van der Waals surface area contributed by atoms with Crippen molar-refractivity contribution in [3.8, 4) is 0 Å². The quantitative estimate of drug-likeness (QED) is 0.911. The summed E-state index contributed by atoms with van der Waals surface area (Å²) in [5.74, 6) is -0.0813. The zero-order valence-corrected chi connectivity index (χ0v) is 12.8. The van der Waals surface area contributed by atoms with Gasteiger partial charge in [-0.2, -0.15) is 0 Å². The fraction of sp³-hybridized carbons (Fsp3) is 0.188. The number of nitrogens with one attached hydrogen (secondary N) is 1. The summed E-state index contributed by atoms with van der Waals surface area (Å²) in [5, 5.41) is 4.01. The molecule has 0 aliphatic carbocycles. The lowest BCUT2D eigenvalue weighted by molar-refractivity contribution is -0.124. The number of carbonyl (C=O) groups is 1. The highest BCUT2D eigenvalue weighted by Gasteiger charge is 2.36. The van der Waals surface area contributed by atoms with E-state index in [1.165, 1.54) is 0 Å². The number of likely N-dealkylation sites (N-methyl/N-ethyl adjacent to an activating group) is 1. The summed E-state index contributed by atoms with van der Waals surface area (Å²) in [6, 6.07) is 14.6. The van der Waals surface area contributed by atoms with E-state index < -0.39 is 5.41 Å². The largest absolute Gasteiger partial charge is 0.358 e. The van der Waals surface area contributed by atoms with Crippen LogP contribution in [0, 0.1) is 0 Å². The Balaban J connectivity index is 2.58. The monoisotopic (exact) mass is 307 g/mol. The van der Waals surface area contributed by atoms with E-state index in [-0.39, 0.29) is 5.91 Å². The van der Waals surface area contributed by atoms with Gasteiger partial charge < -0.3 is 5.32 Å². The van der Waals surface area contributed by atoms with Gasteiger partial charge in [0, 0.05) is 17.1 Å². The maximum Gasteiger partial charge on any atom is 0.234 e. The summed E-state index contributed by atoms with van der Waals surface area (Å²) in [6.07, 6.45) is 0. The van der Waals surface area contributed by atoms with E-state index in [9.17, 15) is 4.79 Å². The van der Waals surface area contributed by atoms with E-state index in [4.69, 9.17) is 23.2 Å². The molecule has 1 amide bonds. The predicted octanol–water partition coefficient (Wildman–Crippen LogP) is 4.05. The van der Waals surface area contributed by atoms with Crippen molar-refractivity contribution < 1.29 is 4.79 Å². The van der Waals surface area contributed by atoms with Gasteiger partial charge in [0.25, 0.3) is 0 Å². The van der Waals surface area contributed by atoms with E-state index >= 15 is 0 Å². The van der Waals surface area contributed by atoms with Crippen LogP contribution in [0.1, 0.15) is 18.1 Å². The van der Waals surface area contributed by atoms with Gasteiger partial charge in [0.1, 0.15) is 0 Å². The standard InChI is InChI=1S/C16H15Cl2NO/c1-16(15(20)19-2,11-3-7-13(17)8-4-11)12-5-9-14(18)10-6-12/h3-10H,1-2H3,(H,19,20). The van der Waals surface area contributed by atoms with E-state index in [0.717, 1.165) is 11.1 Å². The van der Waals surface area contributed by atoms with Crippen molar-refractivity contribution in [1.82, 2.24) is 5.32 Å². The Morgan fingerprint density at radius 3 is 1.55 bits per heavy atom. The Morgan fingerprint density at radius 2 is 1.25 bits per heavy atom. The van der Waals surface area contributed by atoms with Crippen LogP contribution in [-0.4, -0.2) is 13.0 Å². The van der Waals surface area contributed by atoms with Crippen LogP contribution in [0.5, 0.6) is 0 Å². The number of carbonyl (C=O) groups excluding carboxylic acids is 1. The molecular formula is C16H15Cl2NO. The molecule has 0 bridgehead atoms. The molecular weight excluding hydrogens is 293 g/mol. The van der Waals surface area contributed by atoms with Crippen molar-refractivity contribution in [2.45, 2.75) is 12.3 Å². The smallest absolute Gasteiger partial charge is 0.234 e. The molecule has 0 fully saturated rings. The van der Waals surface area contributed by atoms with Crippen LogP contribution in [0.15, 0.2) is 48.5 Å². The van der Waals surface area contributed by atoms with E-state index in [2.05, 4.69) is 5.32 Å². The molecule has 1 N–H and O–H groups in total. The molecule has 0 saturated heterocycles. The molecule has 4 heteroatoms. The second-order valence-electron chi connectivity index (χ2n) is 4.72. The highest BCUT2D eigenvalue weighted by molar-refractivity contribution is 6.30. The first-order valence-corrected chi connectivity index (χ1v) is 6.98. The van der Waals surface area contributed by atoms with E-state index in [1.54, 1.807) is 31.3 Å². The first kappa shape index (κ1) is 14.9. The molecule has 0 radical (unpaired) electrons. The molecule has 2 nitrogen and oxygen atoms in total. The molecule has 0 saturated carbocycles. The number of benzene rings is 2. The fourth-order valence-electron chi connectivity index (χ4n) is 2.25. The number of hydrogen-bond acceptors (Lipinski definition) is 1. The van der Waals surface area contributed by atoms with Crippen molar-refractivity contribution in [3.63, 3.8) is 0 Å². The summed E-state index contributed by atoms with van der Waals surface area (Å²) in [6.45, 7) is 1.89. The minimum atomic E-state index is -0.788. The Morgan fingerprint density at radius 1 is 0.900 bits per heavy atom. The average Bonchev–Trinajstić information content (AvgIpc) is 2.47. The van der Waals surface area contributed by atoms with Gasteiger partial charge in [-0.05, 0) is 42.3 Å². The average molecular weight is 308 g/mol. The summed E-state index contributed by atoms with van der Waals surface area (Å²) >= 11 is 11.8. The first-order chi connectivity index (χ1) is 9.48. The summed E-state index contributed by atoms with van der Waals surface area (Å²) in [7, 11) is 1.63. The Hall–Kier alpha value is -1.51. The molecule has 0 aliphatic heterocycles. The Kier molecular flexibility index (Phi) is 4.36. The molecule has 0 heterocycles. The van der Waals surface area contributed by atoms with Crippen molar-refractivity contribution >= 4 is 29.1 Å². The van der Waals surface area contributed by atoms with Crippen LogP contribution in [0.3, 0.4) is 0 Å². The third kappa shape index (κ3) is 2.67. The minimum absolute atomic E-state index is 0.0813. The molecule has 0 spiro atoms. The molecule has 2 aromatic carbocycles. The van der Waals surface area contributed by atoms with Gasteiger partial charge in [0.15, 0.2) is 0 Å². The van der Waals surface area contributed by atoms with Crippen molar-refractivity contribution in [3.05, 3.63) is 69.7 Å². The normalized spacial score (nSPS) is 11.2. The molecule has 0 unspecified atom stereocenters. The summed E-state index contributed by atoms with van der Waals surface area (Å²) < 4.78 is 0. The third-order valence-corrected chi connectivity index (χ3v) is 4.03. The molecule has 20 heavy (non-hydrogen) atoms. The van der Waals surface area contributed by atoms with Crippen LogP contribution >= 0.6 is 23.2 Å². The third-order valence-electron chi connectivity index (χ3n) is 3.52. The lowest BCUT2D eigenvalue weighted by atomic mass is 9.75. The SMILES string of the molecule is CNC(=O)C(C)(c1ccc(Cl)cc1)c1ccc(Cl)cc1. The lowest BCUT2D eigenvalue weighted by Gasteiger charge is -2.29. The molecule has 0 aromatic heterocycles. The van der Waals surface area contributed by atoms with Crippen LogP contribution in [0.4, 0.5) is 0 Å². The summed E-state index contributed by atoms with van der Waals surface area (Å²) in [5.41, 5.74) is 0.969. The minimum Gasteiger partial charge on any atom is -0.358 e. The van der Waals surface area contributed by atoms with Gasteiger partial charge in [-0.1, -0.05) is 47.5 Å². The van der Waals surface area contributed by atoms with Gasteiger partial charge in [-0.3, -0.25) is 4.79 Å². The topological polar surface area (TPSA) is 29.1 Å². The van der Waals surface area contributed by atoms with Crippen LogP contribution < -0.4 is 5.32 Å². The zero-order chi connectivity index (χ0) is 14.8. The number of rotatable bonds is 3. The first-order valence-electron chi connectivity index (χ1n) is 6.22. The molecule has 104 valence electrons. The highest BCUT2D eigenvalue weighted by Crippen LogP contribution is 2.33. The fourth-order valence-corrected chi connectivity index (χ4v) is 2.50. The molecule has 0 atom stereocenters. The van der Waals surface area contributed by atoms with Crippen molar-refractivity contribution in [1.29, 1.82) is 0 Å². The van der Waals surface area contributed by atoms with Crippen LogP contribution in [0.25, 0.3) is 0 Å². The predicted molar refractivity (Wildman–Crippen MR) is 83.4 cm³/mol. The van der Waals surface area contributed by atoms with Gasteiger partial charge in [-0.25, -0.2) is 0 Å². The maximum absolute atomic E-state index is 12.4. The van der Waals surface area contributed by atoms with E-state index in [1.807, 2.05) is 31.2 Å². The second-order valence-corrected chi connectivity index (χ2v) is 5.59. The van der Waals surface area contributed by atoms with Gasteiger partial charge >= 0.3 is 0 Å². The Labute approximate surface area is 128 Å². The van der Waals surface area contributed by atoms with Crippen molar-refractivity contribution in [2.24, 2.45) is 0 Å². The summed E-state index contributed by atoms with van der Waals surface area (Å²) in [4.78, 5) is 12.4. The van der Waals surface area contributed by atoms with Crippen LogP contribution in [0.2, 0.25) is 10.0 Å². The second kappa shape index (κ2) is 5.86. The highest BCUT2D eigenvalue weighted by atomic mass is 35.5. The van der Waals surface area contributed by atoms with Gasteiger partial charge in [0.05, 0.1) is 5.41 Å². The van der Waals surface area contributed by atoms with Crippen molar-refractivity contribution in [2.75, 3.05) is 7.05 Å². The van der Waals surface area contributed by atoms with Gasteiger partial charge in [0.2, 0.25) is 5.91 Å². The van der Waals surface area contributed by atoms with Gasteiger partial charge in [-0.15, -0.1) is 0 Å².